The second-order valence-electron chi connectivity index (χ2n) is 4.19. The highest BCUT2D eigenvalue weighted by molar-refractivity contribution is 5.85. The molecule has 0 aliphatic rings. The molecule has 5 heteroatoms. The topological polar surface area (TPSA) is 83.6 Å². The van der Waals surface area contributed by atoms with E-state index >= 15 is 0 Å². The quantitative estimate of drug-likeness (QED) is 0.720. The van der Waals surface area contributed by atoms with Crippen LogP contribution in [0.5, 0.6) is 0 Å². The van der Waals surface area contributed by atoms with Gasteiger partial charge in [-0.2, -0.15) is 0 Å². The molecule has 0 aromatic heterocycles. The van der Waals surface area contributed by atoms with Crippen molar-refractivity contribution in [1.82, 2.24) is 4.90 Å². The van der Waals surface area contributed by atoms with E-state index in [4.69, 9.17) is 10.8 Å². The maximum absolute atomic E-state index is 10.9. The normalized spacial score (nSPS) is 11.1. The summed E-state index contributed by atoms with van der Waals surface area (Å²) in [5, 5.41) is 8.58. The summed E-state index contributed by atoms with van der Waals surface area (Å²) in [4.78, 5) is 23.3. The van der Waals surface area contributed by atoms with Crippen LogP contribution in [0.2, 0.25) is 0 Å². The second-order valence-corrected chi connectivity index (χ2v) is 4.19. The predicted molar refractivity (Wildman–Crippen MR) is 73.3 cm³/mol. The lowest BCUT2D eigenvalue weighted by Gasteiger charge is -2.18. The minimum absolute atomic E-state index is 0.214. The van der Waals surface area contributed by atoms with Crippen molar-refractivity contribution >= 4 is 18.0 Å². The lowest BCUT2D eigenvalue weighted by atomic mass is 10.1. The number of aliphatic carboxylic acids is 1. The summed E-state index contributed by atoms with van der Waals surface area (Å²) in [6.45, 7) is 3.50. The van der Waals surface area contributed by atoms with Crippen molar-refractivity contribution in [1.29, 1.82) is 0 Å². The van der Waals surface area contributed by atoms with E-state index in [2.05, 4.69) is 0 Å². The van der Waals surface area contributed by atoms with Crippen molar-refractivity contribution < 1.29 is 14.7 Å². The molecule has 0 atom stereocenters. The number of likely N-dealkylation sites (N-methyl/N-ethyl adjacent to an activating group) is 1. The molecule has 0 saturated heterocycles. The van der Waals surface area contributed by atoms with Crippen LogP contribution in [0.4, 0.5) is 0 Å². The highest BCUT2D eigenvalue weighted by Gasteiger charge is 2.06. The van der Waals surface area contributed by atoms with Gasteiger partial charge in [0.25, 0.3) is 0 Å². The monoisotopic (exact) mass is 262 g/mol. The van der Waals surface area contributed by atoms with Gasteiger partial charge in [0.2, 0.25) is 5.91 Å². The average Bonchev–Trinajstić information content (AvgIpc) is 2.35. The number of rotatable bonds is 7. The zero-order valence-corrected chi connectivity index (χ0v) is 10.9. The molecule has 0 unspecified atom stereocenters. The fraction of sp³-hybridized carbons (Fsp3) is 0.286. The molecule has 0 heterocycles. The number of nitrogens with two attached hydrogens (primary N) is 1. The molecular weight excluding hydrogens is 244 g/mol. The third-order valence-electron chi connectivity index (χ3n) is 2.60. The number of benzene rings is 1. The fourth-order valence-corrected chi connectivity index (χ4v) is 1.72. The highest BCUT2D eigenvalue weighted by atomic mass is 16.4. The van der Waals surface area contributed by atoms with Crippen molar-refractivity contribution in [3.63, 3.8) is 0 Å². The van der Waals surface area contributed by atoms with E-state index in [9.17, 15) is 9.59 Å². The van der Waals surface area contributed by atoms with E-state index < -0.39 is 5.97 Å². The number of carboxylic acid groups (broad SMARTS) is 1. The molecule has 0 aliphatic heterocycles. The second kappa shape index (κ2) is 7.33. The van der Waals surface area contributed by atoms with E-state index in [1.807, 2.05) is 36.1 Å². The van der Waals surface area contributed by atoms with Crippen molar-refractivity contribution in [2.75, 3.05) is 13.1 Å². The fourth-order valence-electron chi connectivity index (χ4n) is 1.72. The van der Waals surface area contributed by atoms with E-state index in [0.717, 1.165) is 23.7 Å². The Morgan fingerprint density at radius 3 is 2.74 bits per heavy atom. The number of hydrogen-bond acceptors (Lipinski definition) is 3. The number of amides is 1. The van der Waals surface area contributed by atoms with Crippen LogP contribution in [0.3, 0.4) is 0 Å². The van der Waals surface area contributed by atoms with Gasteiger partial charge in [0, 0.05) is 12.6 Å². The number of carbonyl (C=O) groups excluding carboxylic acids is 1. The van der Waals surface area contributed by atoms with Crippen LogP contribution in [0.25, 0.3) is 6.08 Å². The molecule has 0 bridgehead atoms. The Morgan fingerprint density at radius 1 is 1.42 bits per heavy atom. The van der Waals surface area contributed by atoms with Crippen molar-refractivity contribution in [3.05, 3.63) is 41.5 Å². The third-order valence-corrected chi connectivity index (χ3v) is 2.60. The van der Waals surface area contributed by atoms with Gasteiger partial charge >= 0.3 is 5.97 Å². The summed E-state index contributed by atoms with van der Waals surface area (Å²) in [6, 6.07) is 7.51. The van der Waals surface area contributed by atoms with Crippen LogP contribution in [-0.4, -0.2) is 35.0 Å². The van der Waals surface area contributed by atoms with Gasteiger partial charge < -0.3 is 10.8 Å². The van der Waals surface area contributed by atoms with E-state index in [1.165, 1.54) is 6.08 Å². The number of nitrogens with zero attached hydrogens (tertiary/aromatic N) is 1. The molecule has 1 aromatic rings. The number of carboxylic acids is 1. The first kappa shape index (κ1) is 14.9. The molecule has 1 rings (SSSR count). The predicted octanol–water partition coefficient (Wildman–Crippen LogP) is 1.09. The van der Waals surface area contributed by atoms with Crippen LogP contribution in [0.15, 0.2) is 30.3 Å². The van der Waals surface area contributed by atoms with Gasteiger partial charge in [-0.3, -0.25) is 9.69 Å². The number of hydrogen-bond donors (Lipinski definition) is 2. The molecule has 0 aliphatic carbocycles. The first-order valence-corrected chi connectivity index (χ1v) is 6.02. The molecule has 102 valence electrons. The standard InChI is InChI=1S/C14H18N2O3/c1-2-16(10-13(15)17)9-12-5-3-4-11(8-12)6-7-14(18)19/h3-8H,2,9-10H2,1H3,(H2,15,17)(H,18,19)/b7-6+. The van der Waals surface area contributed by atoms with Crippen LogP contribution < -0.4 is 5.73 Å². The summed E-state index contributed by atoms with van der Waals surface area (Å²) in [5.74, 6) is -1.34. The zero-order chi connectivity index (χ0) is 14.3. The maximum atomic E-state index is 10.9. The molecule has 3 N–H and O–H groups in total. The molecule has 19 heavy (non-hydrogen) atoms. The van der Waals surface area contributed by atoms with Crippen LogP contribution >= 0.6 is 0 Å². The van der Waals surface area contributed by atoms with Gasteiger partial charge in [0.1, 0.15) is 0 Å². The number of carbonyl (C=O) groups is 2. The molecule has 0 fully saturated rings. The lowest BCUT2D eigenvalue weighted by molar-refractivity contribution is -0.131. The third kappa shape index (κ3) is 5.83. The minimum atomic E-state index is -0.977. The lowest BCUT2D eigenvalue weighted by Crippen LogP contribution is -2.33. The Hall–Kier alpha value is -2.14. The van der Waals surface area contributed by atoms with Crippen LogP contribution in [0.1, 0.15) is 18.1 Å². The Morgan fingerprint density at radius 2 is 2.16 bits per heavy atom. The van der Waals surface area contributed by atoms with Crippen LogP contribution in [-0.2, 0) is 16.1 Å². The minimum Gasteiger partial charge on any atom is -0.478 e. The summed E-state index contributed by atoms with van der Waals surface area (Å²) in [6.07, 6.45) is 2.64. The Bertz CT molecular complexity index is 483. The SMILES string of the molecule is CCN(CC(N)=O)Cc1cccc(/C=C/C(=O)O)c1. The largest absolute Gasteiger partial charge is 0.478 e. The van der Waals surface area contributed by atoms with Gasteiger partial charge in [-0.15, -0.1) is 0 Å². The molecule has 0 spiro atoms. The molecule has 5 nitrogen and oxygen atoms in total. The molecular formula is C14H18N2O3. The van der Waals surface area contributed by atoms with Gasteiger partial charge in [0.05, 0.1) is 6.54 Å². The summed E-state index contributed by atoms with van der Waals surface area (Å²) >= 11 is 0. The van der Waals surface area contributed by atoms with E-state index in [0.29, 0.717) is 6.54 Å². The van der Waals surface area contributed by atoms with Gasteiger partial charge in [-0.05, 0) is 23.7 Å². The Kier molecular flexibility index (Phi) is 5.75. The Labute approximate surface area is 112 Å². The molecule has 1 amide bonds. The van der Waals surface area contributed by atoms with Gasteiger partial charge in [-0.1, -0.05) is 31.2 Å². The first-order chi connectivity index (χ1) is 9.01. The van der Waals surface area contributed by atoms with Gasteiger partial charge in [0.15, 0.2) is 0 Å². The zero-order valence-electron chi connectivity index (χ0n) is 10.9. The van der Waals surface area contributed by atoms with Crippen LogP contribution in [0, 0.1) is 0 Å². The smallest absolute Gasteiger partial charge is 0.328 e. The van der Waals surface area contributed by atoms with Gasteiger partial charge in [-0.25, -0.2) is 4.79 Å². The molecule has 1 aromatic carbocycles. The first-order valence-electron chi connectivity index (χ1n) is 6.02. The Balaban J connectivity index is 2.75. The van der Waals surface area contributed by atoms with Crippen molar-refractivity contribution in [2.45, 2.75) is 13.5 Å². The highest BCUT2D eigenvalue weighted by Crippen LogP contribution is 2.09. The average molecular weight is 262 g/mol. The van der Waals surface area contributed by atoms with E-state index in [1.54, 1.807) is 0 Å². The maximum Gasteiger partial charge on any atom is 0.328 e. The summed E-state index contributed by atoms with van der Waals surface area (Å²) < 4.78 is 0. The van der Waals surface area contributed by atoms with E-state index in [-0.39, 0.29) is 12.5 Å². The summed E-state index contributed by atoms with van der Waals surface area (Å²) in [5.41, 5.74) is 7.00. The number of primary amides is 1. The molecule has 0 saturated carbocycles. The molecule has 0 radical (unpaired) electrons. The van der Waals surface area contributed by atoms with Crippen molar-refractivity contribution in [3.8, 4) is 0 Å². The van der Waals surface area contributed by atoms with Crippen molar-refractivity contribution in [2.24, 2.45) is 5.73 Å². The summed E-state index contributed by atoms with van der Waals surface area (Å²) in [7, 11) is 0.